The Bertz CT molecular complexity index is 4040. The highest BCUT2D eigenvalue weighted by atomic mass is 32.1. The van der Waals surface area contributed by atoms with E-state index in [-0.39, 0.29) is 68.6 Å². The van der Waals surface area contributed by atoms with Crippen molar-refractivity contribution in [3.8, 4) is 0 Å². The lowest BCUT2D eigenvalue weighted by Crippen LogP contribution is -2.39. The average molecular weight is 1570 g/mol. The van der Waals surface area contributed by atoms with Gasteiger partial charge in [-0.2, -0.15) is 0 Å². The van der Waals surface area contributed by atoms with Gasteiger partial charge >= 0.3 is 30.4 Å². The molecule has 22 atom stereocenters. The van der Waals surface area contributed by atoms with Crippen molar-refractivity contribution in [2.45, 2.75) is 188 Å². The van der Waals surface area contributed by atoms with Crippen LogP contribution in [0.4, 0.5) is 20.4 Å². The van der Waals surface area contributed by atoms with E-state index in [1.807, 2.05) is 0 Å². The summed E-state index contributed by atoms with van der Waals surface area (Å²) in [6.45, 7) is 2.87. The van der Waals surface area contributed by atoms with Crippen LogP contribution in [0.15, 0.2) is 36.1 Å². The molecule has 564 valence electrons. The number of amides is 2. The van der Waals surface area contributed by atoms with E-state index < -0.39 is 203 Å². The minimum Gasteiger partial charge on any atom is -0.382 e. The maximum absolute atomic E-state index is 17.1. The highest BCUT2D eigenvalue weighted by Crippen LogP contribution is 2.74. The highest BCUT2D eigenvalue weighted by molar-refractivity contribution is 7.79. The molecule has 39 nitrogen and oxygen atoms in total. The molecule has 103 heavy (non-hydrogen) atoms. The molecule has 0 aromatic carbocycles. The zero-order valence-electron chi connectivity index (χ0n) is 55.2. The number of hydrogen-bond acceptors (Lipinski definition) is 35. The second-order valence-corrected chi connectivity index (χ2v) is 36.9. The van der Waals surface area contributed by atoms with Crippen LogP contribution < -0.4 is 22.9 Å². The summed E-state index contributed by atoms with van der Waals surface area (Å²) in [7, 11) is -23.0. The van der Waals surface area contributed by atoms with Crippen molar-refractivity contribution < 1.29 is 126 Å². The van der Waals surface area contributed by atoms with Crippen LogP contribution in [0.5, 0.6) is 0 Å². The number of aromatic nitrogens is 10. The topological polar surface area (TPSA) is 517 Å². The Morgan fingerprint density at radius 3 is 1.35 bits per heavy atom. The number of thiazole rings is 2. The Morgan fingerprint density at radius 2 is 0.971 bits per heavy atom. The van der Waals surface area contributed by atoms with Gasteiger partial charge in [0.1, 0.15) is 118 Å². The Balaban J connectivity index is 0.787. The first-order valence-electron chi connectivity index (χ1n) is 32.5. The van der Waals surface area contributed by atoms with Crippen molar-refractivity contribution in [3.05, 3.63) is 57.5 Å². The van der Waals surface area contributed by atoms with Crippen LogP contribution in [0, 0.1) is 0 Å². The third-order valence-electron chi connectivity index (χ3n) is 17.8. The summed E-state index contributed by atoms with van der Waals surface area (Å²) in [5.74, 6) is -8.03. The van der Waals surface area contributed by atoms with Crippen molar-refractivity contribution >= 4 is 98.8 Å². The summed E-state index contributed by atoms with van der Waals surface area (Å²) in [5, 5.41) is 3.11. The van der Waals surface area contributed by atoms with Crippen LogP contribution >= 0.6 is 53.1 Å². The number of nitrogens with two attached hydrogens (primary N) is 4. The van der Waals surface area contributed by atoms with Gasteiger partial charge in [0.25, 0.3) is 11.8 Å². The fourth-order valence-electron chi connectivity index (χ4n) is 13.3. The number of carbonyl (C=O) groups is 2. The number of anilines is 2. The fourth-order valence-corrected chi connectivity index (χ4v) is 24.6. The summed E-state index contributed by atoms with van der Waals surface area (Å²) in [6.07, 6.45) is -17.2. The molecule has 14 heterocycles. The van der Waals surface area contributed by atoms with E-state index in [0.717, 1.165) is 35.3 Å². The highest BCUT2D eigenvalue weighted by Gasteiger charge is 2.61. The minimum absolute atomic E-state index is 0.0365. The molecule has 6 aromatic rings. The van der Waals surface area contributed by atoms with E-state index in [0.29, 0.717) is 38.5 Å². The van der Waals surface area contributed by atoms with Gasteiger partial charge in [0, 0.05) is 24.0 Å². The maximum Gasteiger partial charge on any atom is 0.350 e. The molecule has 14 rings (SSSR count). The second-order valence-electron chi connectivity index (χ2n) is 26.2. The van der Waals surface area contributed by atoms with Crippen LogP contribution in [0.3, 0.4) is 0 Å². The Morgan fingerprint density at radius 1 is 0.573 bits per heavy atom. The van der Waals surface area contributed by atoms with Crippen molar-refractivity contribution in [1.82, 2.24) is 49.0 Å². The monoisotopic (exact) mass is 1570 g/mol. The molecule has 0 bridgehead atoms. The molecule has 0 radical (unpaired) electrons. The Hall–Kier alpha value is -5.08. The van der Waals surface area contributed by atoms with Crippen molar-refractivity contribution in [1.29, 1.82) is 0 Å². The average Bonchev–Trinajstić information content (AvgIpc) is 1.61. The molecule has 8 saturated heterocycles. The number of imidazole rings is 2. The van der Waals surface area contributed by atoms with Crippen LogP contribution in [0.25, 0.3) is 22.3 Å². The van der Waals surface area contributed by atoms with E-state index in [1.54, 1.807) is 27.7 Å². The summed E-state index contributed by atoms with van der Waals surface area (Å²) in [5.41, 5.74) is 23.3. The fraction of sp³-hybridized carbons (Fsp3) is 0.679. The van der Waals surface area contributed by atoms with Gasteiger partial charge in [0.2, 0.25) is 0 Å². The van der Waals surface area contributed by atoms with Crippen LogP contribution in [0.1, 0.15) is 122 Å². The number of alkyl halides is 2. The summed E-state index contributed by atoms with van der Waals surface area (Å²) in [6, 6.07) is 0. The molecule has 0 saturated carbocycles. The number of rotatable bonds is 28. The van der Waals surface area contributed by atoms with Gasteiger partial charge in [-0.15, -0.1) is 22.7 Å². The van der Waals surface area contributed by atoms with Gasteiger partial charge in [-0.05, 0) is 66.2 Å². The quantitative estimate of drug-likeness (QED) is 0.0339. The number of fused-ring (bicyclic) bond motifs is 4. The van der Waals surface area contributed by atoms with Gasteiger partial charge in [-0.3, -0.25) is 37.0 Å². The van der Waals surface area contributed by atoms with Crippen LogP contribution in [-0.2, 0) is 97.5 Å². The minimum atomic E-state index is -5.83. The first kappa shape index (κ1) is 74.8. The lowest BCUT2D eigenvalue weighted by atomic mass is 10.1. The zero-order valence-corrected chi connectivity index (χ0v) is 60.4. The largest absolute Gasteiger partial charge is 0.382 e. The van der Waals surface area contributed by atoms with Crippen molar-refractivity contribution in [2.24, 2.45) is 11.5 Å². The van der Waals surface area contributed by atoms with Gasteiger partial charge in [0.05, 0.1) is 39.1 Å². The third kappa shape index (κ3) is 16.1. The standard InChI is InChI=1S/C56H74F2N14O25P4S2/c1-55(2)93-39-29(87-43(41(39)95-55)51-69-25(17-102-51)47(61)73)15-85-100(79,23-98(75,76)83-13-27-37(91-31-9-5-7-11-81-31)33(57)53(89-27)71-21-67-35-45(59)63-19-65-49(35)71)97-101(80,86-16-30-40-42(96-56(3,4)94-40)44(88-30)52-70-26(18-103-52)48(62)74)24-99(77,78)84-14-28-38(92-32-10-6-8-12-82-32)34(58)54(90-28)72-22-68-36-46(60)64-20-66-50(36)72/h17-22,27-34,37-44,53-54H,5-16,23-24H2,1-4H3,(H2,61,73)(H2,62,74)(H,75,76)(H,77,78)(H2,59,63,65)(H2,60,64,66)/t27-,28-,29-,30-,31?,32?,33+,34+,37-,38-,39-,40-,41-,42-,43-,44-,53-,54-,100?,101?/m1/s1. The SMILES string of the molecule is CC1(C)O[C@@H]2[C@H](O1)[C@@H](COP(=O)(CP(=O)(O)OC[C@H]1O[C@@H](n3cnc4c(N)ncnc43)[C@@H](F)[C@@H]1OC1CCCCO1)OP(=O)(CP(=O)(O)OC[C@H]1O[C@@H](n3cnc4c(N)ncnc43)[C@@H](F)[C@@H]1OC1CCCCO1)OC[C@H]1O[C@@H](c3nc(C(N)=O)cs3)[C@@H]3OC(C)(C)O[C@@H]31)O[C@H]2c1nc(C(N)=O)cs1. The molecule has 6 unspecified atom stereocenters. The number of ether oxygens (including phenoxy) is 12. The van der Waals surface area contributed by atoms with E-state index in [4.69, 9.17) is 102 Å². The normalized spacial score (nSPS) is 34.3. The van der Waals surface area contributed by atoms with E-state index in [1.165, 1.54) is 32.5 Å². The summed E-state index contributed by atoms with van der Waals surface area (Å²) in [4.78, 5) is 82.1. The molecular formula is C56H74F2N14O25P4S2. The first-order chi connectivity index (χ1) is 48.9. The molecule has 8 aliphatic heterocycles. The number of carbonyl (C=O) groups excluding carboxylic acids is 2. The van der Waals surface area contributed by atoms with E-state index in [2.05, 4.69) is 39.9 Å². The molecule has 8 aliphatic rings. The van der Waals surface area contributed by atoms with E-state index in [9.17, 15) is 19.4 Å². The predicted octanol–water partition coefficient (Wildman–Crippen LogP) is 5.31. The second kappa shape index (κ2) is 29.5. The van der Waals surface area contributed by atoms with E-state index >= 15 is 27.0 Å². The Kier molecular flexibility index (Phi) is 21.4. The third-order valence-corrected chi connectivity index (χ3v) is 29.4. The molecule has 8 fully saturated rings. The lowest BCUT2D eigenvalue weighted by Gasteiger charge is -2.30. The van der Waals surface area contributed by atoms with Crippen molar-refractivity contribution in [2.75, 3.05) is 62.9 Å². The van der Waals surface area contributed by atoms with Crippen LogP contribution in [0.2, 0.25) is 0 Å². The van der Waals surface area contributed by atoms with Gasteiger partial charge in [0.15, 0.2) is 83.7 Å². The number of hydrogen-bond donors (Lipinski definition) is 6. The van der Waals surface area contributed by atoms with Gasteiger partial charge in [-0.1, -0.05) is 0 Å². The molecule has 47 heteroatoms. The Labute approximate surface area is 591 Å². The number of primary amides is 2. The molecular weight excluding hydrogens is 1490 g/mol. The maximum atomic E-state index is 17.1. The number of nitrogens with zero attached hydrogens (tertiary/aromatic N) is 10. The van der Waals surface area contributed by atoms with Crippen LogP contribution in [-0.4, -0.2) is 220 Å². The zero-order chi connectivity index (χ0) is 72.7. The molecule has 0 spiro atoms. The smallest absolute Gasteiger partial charge is 0.350 e. The number of nitrogen functional groups attached to an aromatic ring is 2. The molecule has 0 aliphatic carbocycles. The molecule has 10 N–H and O–H groups in total. The predicted molar refractivity (Wildman–Crippen MR) is 348 cm³/mol. The lowest BCUT2D eigenvalue weighted by molar-refractivity contribution is -0.205. The summed E-state index contributed by atoms with van der Waals surface area (Å²) >= 11 is 1.96. The van der Waals surface area contributed by atoms with Gasteiger partial charge in [-0.25, -0.2) is 53.0 Å². The number of halogens is 2. The van der Waals surface area contributed by atoms with Crippen molar-refractivity contribution in [3.63, 3.8) is 0 Å². The summed E-state index contributed by atoms with van der Waals surface area (Å²) < 4.78 is 203. The first-order valence-corrected chi connectivity index (χ1v) is 41.3. The van der Waals surface area contributed by atoms with Gasteiger partial charge < -0.3 is 108 Å². The molecule has 2 amide bonds. The molecule has 6 aromatic heterocycles.